The zero-order valence-corrected chi connectivity index (χ0v) is 9.89. The van der Waals surface area contributed by atoms with Gasteiger partial charge in [0.15, 0.2) is 5.78 Å². The molecular formula is C11H15NO2S. The maximum absolute atomic E-state index is 11.6. The number of thiazole rings is 1. The van der Waals surface area contributed by atoms with Gasteiger partial charge in [0.2, 0.25) is 0 Å². The average Bonchev–Trinajstić information content (AvgIpc) is 2.65. The molecule has 0 bridgehead atoms. The summed E-state index contributed by atoms with van der Waals surface area (Å²) < 4.78 is 5.34. The van der Waals surface area contributed by atoms with E-state index in [9.17, 15) is 4.79 Å². The first-order valence-electron chi connectivity index (χ1n) is 5.31. The molecule has 0 aromatic carbocycles. The molecule has 1 unspecified atom stereocenters. The van der Waals surface area contributed by atoms with Gasteiger partial charge < -0.3 is 4.74 Å². The van der Waals surface area contributed by atoms with Crippen LogP contribution in [0.5, 0.6) is 0 Å². The Bertz CT molecular complexity index is 369. The molecule has 1 heterocycles. The summed E-state index contributed by atoms with van der Waals surface area (Å²) >= 11 is 1.52. The Kier molecular flexibility index (Phi) is 3.17. The Morgan fingerprint density at radius 3 is 2.93 bits per heavy atom. The highest BCUT2D eigenvalue weighted by Crippen LogP contribution is 2.31. The number of methoxy groups -OCH3 is 1. The van der Waals surface area contributed by atoms with Gasteiger partial charge in [-0.05, 0) is 19.3 Å². The molecule has 4 heteroatoms. The number of fused-ring (bicyclic) bond motifs is 1. The van der Waals surface area contributed by atoms with Crippen LogP contribution in [0.4, 0.5) is 0 Å². The number of carbonyl (C=O) groups is 1. The summed E-state index contributed by atoms with van der Waals surface area (Å²) in [7, 11) is 1.69. The number of hydrogen-bond donors (Lipinski definition) is 0. The first-order valence-corrected chi connectivity index (χ1v) is 6.13. The number of aryl methyl sites for hydroxylation is 1. The quantitative estimate of drug-likeness (QED) is 0.794. The number of carbonyl (C=O) groups excluding carboxylic acids is 1. The Balaban J connectivity index is 2.32. The third kappa shape index (κ3) is 1.96. The van der Waals surface area contributed by atoms with Gasteiger partial charge in [0, 0.05) is 13.5 Å². The molecule has 1 aliphatic carbocycles. The first-order chi connectivity index (χ1) is 7.26. The lowest BCUT2D eigenvalue weighted by molar-refractivity contribution is 0.0975. The van der Waals surface area contributed by atoms with Crippen molar-refractivity contribution >= 4 is 17.1 Å². The minimum Gasteiger partial charge on any atom is -0.374 e. The van der Waals surface area contributed by atoms with Gasteiger partial charge >= 0.3 is 0 Å². The van der Waals surface area contributed by atoms with Crippen molar-refractivity contribution in [3.8, 4) is 0 Å². The summed E-state index contributed by atoms with van der Waals surface area (Å²) in [5.41, 5.74) is 0.988. The van der Waals surface area contributed by atoms with Gasteiger partial charge in [-0.1, -0.05) is 6.92 Å². The molecule has 15 heavy (non-hydrogen) atoms. The van der Waals surface area contributed by atoms with Crippen molar-refractivity contribution in [2.45, 2.75) is 38.7 Å². The Labute approximate surface area is 93.5 Å². The monoisotopic (exact) mass is 225 g/mol. The second kappa shape index (κ2) is 4.41. The second-order valence-electron chi connectivity index (χ2n) is 3.74. The second-order valence-corrected chi connectivity index (χ2v) is 4.77. The van der Waals surface area contributed by atoms with Crippen molar-refractivity contribution in [1.82, 2.24) is 4.98 Å². The van der Waals surface area contributed by atoms with Crippen molar-refractivity contribution in [3.05, 3.63) is 15.6 Å². The van der Waals surface area contributed by atoms with Crippen LogP contribution in [0, 0.1) is 0 Å². The molecule has 0 saturated heterocycles. The lowest BCUT2D eigenvalue weighted by atomic mass is 10.0. The summed E-state index contributed by atoms with van der Waals surface area (Å²) in [6, 6.07) is 0. The SMILES string of the molecule is CCC(OC)c1nc2c(s1)C(=O)CCC2. The number of ketones is 1. The molecule has 0 fully saturated rings. The van der Waals surface area contributed by atoms with Gasteiger partial charge in [-0.2, -0.15) is 0 Å². The molecule has 3 nitrogen and oxygen atoms in total. The van der Waals surface area contributed by atoms with E-state index in [0.717, 1.165) is 34.8 Å². The van der Waals surface area contributed by atoms with Crippen molar-refractivity contribution in [2.24, 2.45) is 0 Å². The summed E-state index contributed by atoms with van der Waals surface area (Å²) in [5, 5.41) is 0.959. The van der Waals surface area contributed by atoms with Crippen molar-refractivity contribution in [2.75, 3.05) is 7.11 Å². The van der Waals surface area contributed by atoms with Crippen LogP contribution in [0.3, 0.4) is 0 Å². The predicted molar refractivity (Wildman–Crippen MR) is 59.4 cm³/mol. The molecular weight excluding hydrogens is 210 g/mol. The Morgan fingerprint density at radius 2 is 2.33 bits per heavy atom. The maximum Gasteiger partial charge on any atom is 0.174 e. The zero-order chi connectivity index (χ0) is 10.8. The minimum atomic E-state index is 0.0494. The molecule has 0 N–H and O–H groups in total. The van der Waals surface area contributed by atoms with E-state index in [1.54, 1.807) is 7.11 Å². The third-order valence-electron chi connectivity index (χ3n) is 2.72. The average molecular weight is 225 g/mol. The molecule has 0 aliphatic heterocycles. The highest BCUT2D eigenvalue weighted by atomic mass is 32.1. The van der Waals surface area contributed by atoms with E-state index in [1.165, 1.54) is 11.3 Å². The standard InChI is InChI=1S/C11H15NO2S/c1-3-9(14-2)11-12-7-5-4-6-8(13)10(7)15-11/h9H,3-6H2,1-2H3. The number of rotatable bonds is 3. The Morgan fingerprint density at radius 1 is 1.53 bits per heavy atom. The summed E-state index contributed by atoms with van der Waals surface area (Å²) in [6.07, 6.45) is 3.51. The van der Waals surface area contributed by atoms with E-state index in [-0.39, 0.29) is 11.9 Å². The normalized spacial score (nSPS) is 17.6. The van der Waals surface area contributed by atoms with Crippen LogP contribution in [-0.4, -0.2) is 17.9 Å². The lowest BCUT2D eigenvalue weighted by Crippen LogP contribution is -2.07. The highest BCUT2D eigenvalue weighted by Gasteiger charge is 2.24. The Hall–Kier alpha value is -0.740. The van der Waals surface area contributed by atoms with E-state index < -0.39 is 0 Å². The number of nitrogens with zero attached hydrogens (tertiary/aromatic N) is 1. The van der Waals surface area contributed by atoms with Gasteiger partial charge in [-0.15, -0.1) is 11.3 Å². The molecule has 1 aromatic heterocycles. The molecule has 0 saturated carbocycles. The number of Topliss-reactive ketones (excluding diaryl/α,β-unsaturated/α-hetero) is 1. The van der Waals surface area contributed by atoms with Gasteiger partial charge in [-0.25, -0.2) is 4.98 Å². The maximum atomic E-state index is 11.6. The molecule has 0 amide bonds. The van der Waals surface area contributed by atoms with Crippen LogP contribution in [0.2, 0.25) is 0 Å². The predicted octanol–water partition coefficient (Wildman–Crippen LogP) is 2.76. The molecule has 1 aromatic rings. The molecule has 0 spiro atoms. The molecule has 2 rings (SSSR count). The van der Waals surface area contributed by atoms with Crippen LogP contribution >= 0.6 is 11.3 Å². The minimum absolute atomic E-state index is 0.0494. The fourth-order valence-electron chi connectivity index (χ4n) is 1.87. The van der Waals surface area contributed by atoms with Crippen LogP contribution in [0.15, 0.2) is 0 Å². The van der Waals surface area contributed by atoms with Gasteiger partial charge in [0.1, 0.15) is 11.1 Å². The third-order valence-corrected chi connectivity index (χ3v) is 3.95. The highest BCUT2D eigenvalue weighted by molar-refractivity contribution is 7.14. The number of hydrogen-bond acceptors (Lipinski definition) is 4. The van der Waals surface area contributed by atoms with Crippen LogP contribution in [0.1, 0.15) is 52.7 Å². The van der Waals surface area contributed by atoms with E-state index in [0.29, 0.717) is 6.42 Å². The van der Waals surface area contributed by atoms with Gasteiger partial charge in [0.25, 0.3) is 0 Å². The van der Waals surface area contributed by atoms with E-state index in [4.69, 9.17) is 4.74 Å². The summed E-state index contributed by atoms with van der Waals surface area (Å²) in [5.74, 6) is 0.256. The van der Waals surface area contributed by atoms with Crippen molar-refractivity contribution < 1.29 is 9.53 Å². The van der Waals surface area contributed by atoms with E-state index >= 15 is 0 Å². The van der Waals surface area contributed by atoms with Crippen molar-refractivity contribution in [1.29, 1.82) is 0 Å². The van der Waals surface area contributed by atoms with Crippen LogP contribution in [-0.2, 0) is 11.2 Å². The number of aromatic nitrogens is 1. The van der Waals surface area contributed by atoms with E-state index in [2.05, 4.69) is 11.9 Å². The summed E-state index contributed by atoms with van der Waals surface area (Å²) in [4.78, 5) is 17.0. The molecule has 1 aliphatic rings. The van der Waals surface area contributed by atoms with E-state index in [1.807, 2.05) is 0 Å². The topological polar surface area (TPSA) is 39.2 Å². The van der Waals surface area contributed by atoms with Gasteiger partial charge in [0.05, 0.1) is 10.6 Å². The molecule has 1 atom stereocenters. The largest absolute Gasteiger partial charge is 0.374 e. The smallest absolute Gasteiger partial charge is 0.174 e. The van der Waals surface area contributed by atoms with Crippen LogP contribution < -0.4 is 0 Å². The fourth-order valence-corrected chi connectivity index (χ4v) is 3.11. The lowest BCUT2D eigenvalue weighted by Gasteiger charge is -2.08. The summed E-state index contributed by atoms with van der Waals surface area (Å²) in [6.45, 7) is 2.07. The zero-order valence-electron chi connectivity index (χ0n) is 9.08. The molecule has 82 valence electrons. The first kappa shape index (κ1) is 10.8. The molecule has 0 radical (unpaired) electrons. The van der Waals surface area contributed by atoms with Gasteiger partial charge in [-0.3, -0.25) is 4.79 Å². The van der Waals surface area contributed by atoms with Crippen molar-refractivity contribution in [3.63, 3.8) is 0 Å². The van der Waals surface area contributed by atoms with Crippen LogP contribution in [0.25, 0.3) is 0 Å². The number of ether oxygens (including phenoxy) is 1. The fraction of sp³-hybridized carbons (Fsp3) is 0.636.